The summed E-state index contributed by atoms with van der Waals surface area (Å²) in [6, 6.07) is 5.72. The number of hydrogen-bond acceptors (Lipinski definition) is 5. The molecule has 130 valence electrons. The van der Waals surface area contributed by atoms with Crippen LogP contribution >= 0.6 is 0 Å². The van der Waals surface area contributed by atoms with E-state index in [1.54, 1.807) is 24.6 Å². The molecule has 1 saturated heterocycles. The highest BCUT2D eigenvalue weighted by molar-refractivity contribution is 5.78. The third-order valence-electron chi connectivity index (χ3n) is 4.59. The average molecular weight is 340 g/mol. The Morgan fingerprint density at radius 1 is 1.40 bits per heavy atom. The van der Waals surface area contributed by atoms with Crippen molar-refractivity contribution in [3.05, 3.63) is 48.3 Å². The summed E-state index contributed by atoms with van der Waals surface area (Å²) in [6.45, 7) is 3.28. The zero-order valence-corrected chi connectivity index (χ0v) is 14.1. The van der Waals surface area contributed by atoms with Crippen molar-refractivity contribution in [2.75, 3.05) is 13.1 Å². The number of furan rings is 1. The van der Waals surface area contributed by atoms with Crippen molar-refractivity contribution < 1.29 is 13.6 Å². The van der Waals surface area contributed by atoms with Gasteiger partial charge in [0.25, 0.3) is 5.89 Å². The third-order valence-corrected chi connectivity index (χ3v) is 4.59. The molecule has 7 heteroatoms. The van der Waals surface area contributed by atoms with E-state index < -0.39 is 0 Å². The molecule has 25 heavy (non-hydrogen) atoms. The van der Waals surface area contributed by atoms with Gasteiger partial charge in [-0.25, -0.2) is 4.98 Å². The molecular weight excluding hydrogens is 320 g/mol. The molecule has 4 rings (SSSR count). The lowest BCUT2D eigenvalue weighted by atomic mass is 10.1. The first-order valence-electron chi connectivity index (χ1n) is 8.48. The van der Waals surface area contributed by atoms with Crippen LogP contribution in [0.4, 0.5) is 0 Å². The zero-order chi connectivity index (χ0) is 17.2. The molecule has 0 bridgehead atoms. The van der Waals surface area contributed by atoms with Crippen LogP contribution in [0.2, 0.25) is 0 Å². The molecule has 1 atom stereocenters. The van der Waals surface area contributed by atoms with Crippen LogP contribution in [-0.4, -0.2) is 38.7 Å². The number of carbonyl (C=O) groups is 1. The summed E-state index contributed by atoms with van der Waals surface area (Å²) < 4.78 is 12.9. The number of piperidine rings is 1. The predicted molar refractivity (Wildman–Crippen MR) is 89.7 cm³/mol. The van der Waals surface area contributed by atoms with E-state index in [0.29, 0.717) is 29.6 Å². The molecule has 1 fully saturated rings. The van der Waals surface area contributed by atoms with Crippen LogP contribution < -0.4 is 0 Å². The van der Waals surface area contributed by atoms with E-state index >= 15 is 0 Å². The molecular formula is C18H20N4O3. The van der Waals surface area contributed by atoms with E-state index in [0.717, 1.165) is 19.4 Å². The van der Waals surface area contributed by atoms with Gasteiger partial charge >= 0.3 is 0 Å². The Morgan fingerprint density at radius 2 is 2.32 bits per heavy atom. The molecule has 0 radical (unpaired) electrons. The van der Waals surface area contributed by atoms with Crippen molar-refractivity contribution in [1.29, 1.82) is 0 Å². The van der Waals surface area contributed by atoms with Crippen LogP contribution in [0, 0.1) is 6.92 Å². The van der Waals surface area contributed by atoms with E-state index in [9.17, 15) is 4.79 Å². The first-order chi connectivity index (χ1) is 12.2. The van der Waals surface area contributed by atoms with Crippen molar-refractivity contribution in [2.24, 2.45) is 0 Å². The quantitative estimate of drug-likeness (QED) is 0.730. The van der Waals surface area contributed by atoms with Crippen molar-refractivity contribution in [3.8, 4) is 11.7 Å². The first kappa shape index (κ1) is 15.7. The second kappa shape index (κ2) is 6.58. The number of nitrogens with zero attached hydrogens (tertiary/aromatic N) is 4. The maximum absolute atomic E-state index is 12.7. The normalized spacial score (nSPS) is 17.8. The lowest BCUT2D eigenvalue weighted by molar-refractivity contribution is -0.132. The molecule has 7 nitrogen and oxygen atoms in total. The van der Waals surface area contributed by atoms with Crippen LogP contribution in [0.5, 0.6) is 0 Å². The molecule has 0 N–H and O–H groups in total. The second-order valence-corrected chi connectivity index (χ2v) is 6.30. The van der Waals surface area contributed by atoms with Gasteiger partial charge in [-0.05, 0) is 38.0 Å². The van der Waals surface area contributed by atoms with Crippen LogP contribution in [0.3, 0.4) is 0 Å². The summed E-state index contributed by atoms with van der Waals surface area (Å²) in [5.74, 6) is 1.71. The van der Waals surface area contributed by atoms with E-state index in [-0.39, 0.29) is 18.4 Å². The molecule has 4 heterocycles. The largest absolute Gasteiger partial charge is 0.459 e. The highest BCUT2D eigenvalue weighted by Crippen LogP contribution is 2.24. The van der Waals surface area contributed by atoms with Crippen molar-refractivity contribution in [3.63, 3.8) is 0 Å². The Morgan fingerprint density at radius 3 is 3.08 bits per heavy atom. The number of carbonyl (C=O) groups excluding carboxylic acids is 1. The Hall–Kier alpha value is -2.83. The molecule has 0 spiro atoms. The Kier molecular flexibility index (Phi) is 4.13. The topological polar surface area (TPSA) is 77.3 Å². The molecule has 3 aromatic heterocycles. The summed E-state index contributed by atoms with van der Waals surface area (Å²) in [4.78, 5) is 19.1. The van der Waals surface area contributed by atoms with Gasteiger partial charge in [0.2, 0.25) is 5.91 Å². The SMILES string of the molecule is Cc1oc(-c2ccco2)nc1CC(=O)N1CCC[C@H](n2cccn2)C1. The van der Waals surface area contributed by atoms with Crippen LogP contribution in [0.1, 0.15) is 30.3 Å². The van der Waals surface area contributed by atoms with Crippen molar-refractivity contribution in [1.82, 2.24) is 19.7 Å². The van der Waals surface area contributed by atoms with Gasteiger partial charge in [-0.3, -0.25) is 9.48 Å². The van der Waals surface area contributed by atoms with E-state index in [1.807, 2.05) is 28.8 Å². The Bertz CT molecular complexity index is 836. The van der Waals surface area contributed by atoms with Crippen LogP contribution in [0.15, 0.2) is 45.7 Å². The number of amides is 1. The lowest BCUT2D eigenvalue weighted by Gasteiger charge is -2.32. The molecule has 0 saturated carbocycles. The maximum Gasteiger partial charge on any atom is 0.263 e. The molecule has 1 amide bonds. The minimum Gasteiger partial charge on any atom is -0.459 e. The van der Waals surface area contributed by atoms with E-state index in [1.165, 1.54) is 0 Å². The summed E-state index contributed by atoms with van der Waals surface area (Å²) in [7, 11) is 0. The standard InChI is InChI=1S/C18H20N4O3/c1-13-15(20-18(25-13)16-6-3-10-24-16)11-17(23)21-8-2-5-14(12-21)22-9-4-7-19-22/h3-4,6-7,9-10,14H,2,5,8,11-12H2,1H3/t14-/m0/s1. The Balaban J connectivity index is 1.45. The molecule has 3 aromatic rings. The van der Waals surface area contributed by atoms with E-state index in [2.05, 4.69) is 10.1 Å². The monoisotopic (exact) mass is 340 g/mol. The predicted octanol–water partition coefficient (Wildman–Crippen LogP) is 2.85. The van der Waals surface area contributed by atoms with Gasteiger partial charge in [-0.2, -0.15) is 5.10 Å². The smallest absolute Gasteiger partial charge is 0.263 e. The first-order valence-corrected chi connectivity index (χ1v) is 8.48. The third kappa shape index (κ3) is 3.22. The minimum atomic E-state index is 0.0688. The summed E-state index contributed by atoms with van der Waals surface area (Å²) in [6.07, 6.45) is 7.55. The molecule has 0 unspecified atom stereocenters. The molecule has 0 aliphatic carbocycles. The van der Waals surface area contributed by atoms with Gasteiger partial charge in [0.05, 0.1) is 24.4 Å². The summed E-state index contributed by atoms with van der Waals surface area (Å²) in [5.41, 5.74) is 0.664. The van der Waals surface area contributed by atoms with Crippen molar-refractivity contribution >= 4 is 5.91 Å². The Labute approximate surface area is 145 Å². The molecule has 1 aliphatic rings. The fourth-order valence-electron chi connectivity index (χ4n) is 3.25. The number of likely N-dealkylation sites (tertiary alicyclic amines) is 1. The van der Waals surface area contributed by atoms with Gasteiger partial charge in [0, 0.05) is 25.5 Å². The number of aromatic nitrogens is 3. The van der Waals surface area contributed by atoms with Crippen LogP contribution in [-0.2, 0) is 11.2 Å². The van der Waals surface area contributed by atoms with Crippen molar-refractivity contribution in [2.45, 2.75) is 32.2 Å². The minimum absolute atomic E-state index is 0.0688. The van der Waals surface area contributed by atoms with Gasteiger partial charge in [-0.1, -0.05) is 0 Å². The number of aryl methyl sites for hydroxylation is 1. The van der Waals surface area contributed by atoms with Gasteiger partial charge in [-0.15, -0.1) is 0 Å². The maximum atomic E-state index is 12.7. The number of oxazole rings is 1. The summed E-state index contributed by atoms with van der Waals surface area (Å²) in [5, 5.41) is 4.30. The van der Waals surface area contributed by atoms with Crippen LogP contribution in [0.25, 0.3) is 11.7 Å². The fraction of sp³-hybridized carbons (Fsp3) is 0.389. The lowest BCUT2D eigenvalue weighted by Crippen LogP contribution is -2.41. The van der Waals surface area contributed by atoms with Gasteiger partial charge in [0.15, 0.2) is 5.76 Å². The van der Waals surface area contributed by atoms with Gasteiger partial charge < -0.3 is 13.7 Å². The fourth-order valence-corrected chi connectivity index (χ4v) is 3.25. The highest BCUT2D eigenvalue weighted by atomic mass is 16.4. The van der Waals surface area contributed by atoms with Gasteiger partial charge in [0.1, 0.15) is 5.76 Å². The molecule has 0 aromatic carbocycles. The zero-order valence-electron chi connectivity index (χ0n) is 14.1. The number of rotatable bonds is 4. The molecule has 1 aliphatic heterocycles. The summed E-state index contributed by atoms with van der Waals surface area (Å²) >= 11 is 0. The highest BCUT2D eigenvalue weighted by Gasteiger charge is 2.26. The second-order valence-electron chi connectivity index (χ2n) is 6.30. The average Bonchev–Trinajstić information content (AvgIpc) is 3.38. The van der Waals surface area contributed by atoms with E-state index in [4.69, 9.17) is 8.83 Å². The number of hydrogen-bond donors (Lipinski definition) is 0.